The van der Waals surface area contributed by atoms with E-state index in [0.717, 1.165) is 18.6 Å². The highest BCUT2D eigenvalue weighted by Crippen LogP contribution is 2.25. The standard InChI is InChI=1S/C15H15ClFN3O3S/c16-13-8-12(3-4-14(13)17)24(21,22)20-7-1-2-11(9-20)23-15-5-6-18-10-19-15/h3-6,8,10-11H,1-2,7,9H2/t11-/m1/s1. The summed E-state index contributed by atoms with van der Waals surface area (Å²) >= 11 is 5.70. The maximum absolute atomic E-state index is 13.3. The van der Waals surface area contributed by atoms with Crippen LogP contribution in [0, 0.1) is 5.82 Å². The predicted molar refractivity (Wildman–Crippen MR) is 85.9 cm³/mol. The zero-order valence-corrected chi connectivity index (χ0v) is 14.2. The molecule has 0 spiro atoms. The number of ether oxygens (including phenoxy) is 1. The van der Waals surface area contributed by atoms with E-state index in [1.807, 2.05) is 0 Å². The van der Waals surface area contributed by atoms with Gasteiger partial charge in [-0.3, -0.25) is 0 Å². The molecule has 0 amide bonds. The molecule has 0 bridgehead atoms. The molecule has 1 aromatic carbocycles. The fraction of sp³-hybridized carbons (Fsp3) is 0.333. The van der Waals surface area contributed by atoms with Gasteiger partial charge >= 0.3 is 0 Å². The Morgan fingerprint density at radius 2 is 2.17 bits per heavy atom. The van der Waals surface area contributed by atoms with Crippen molar-refractivity contribution in [3.8, 4) is 5.88 Å². The van der Waals surface area contributed by atoms with E-state index in [4.69, 9.17) is 16.3 Å². The van der Waals surface area contributed by atoms with Crippen LogP contribution in [-0.2, 0) is 10.0 Å². The van der Waals surface area contributed by atoms with E-state index in [1.165, 1.54) is 16.7 Å². The molecule has 1 aliphatic heterocycles. The number of benzene rings is 1. The maximum Gasteiger partial charge on any atom is 0.243 e. The average molecular weight is 372 g/mol. The van der Waals surface area contributed by atoms with Crippen LogP contribution in [0.5, 0.6) is 5.88 Å². The Morgan fingerprint density at radius 3 is 2.88 bits per heavy atom. The molecule has 9 heteroatoms. The van der Waals surface area contributed by atoms with Crippen LogP contribution in [0.1, 0.15) is 12.8 Å². The lowest BCUT2D eigenvalue weighted by Crippen LogP contribution is -2.44. The third-order valence-electron chi connectivity index (χ3n) is 3.71. The van der Waals surface area contributed by atoms with Crippen LogP contribution in [0.25, 0.3) is 0 Å². The summed E-state index contributed by atoms with van der Waals surface area (Å²) in [5.41, 5.74) is 0. The third-order valence-corrected chi connectivity index (χ3v) is 5.86. The first-order valence-electron chi connectivity index (χ1n) is 7.35. The Bertz CT molecular complexity index is 820. The summed E-state index contributed by atoms with van der Waals surface area (Å²) in [5, 5.41) is -0.220. The molecule has 1 atom stereocenters. The summed E-state index contributed by atoms with van der Waals surface area (Å²) in [6, 6.07) is 5.01. The van der Waals surface area contributed by atoms with E-state index in [2.05, 4.69) is 9.97 Å². The Hall–Kier alpha value is -1.77. The van der Waals surface area contributed by atoms with Gasteiger partial charge in [-0.25, -0.2) is 22.8 Å². The molecular weight excluding hydrogens is 357 g/mol. The van der Waals surface area contributed by atoms with Crippen LogP contribution < -0.4 is 4.74 Å². The second kappa shape index (κ2) is 7.00. The number of hydrogen-bond acceptors (Lipinski definition) is 5. The van der Waals surface area contributed by atoms with Crippen LogP contribution in [-0.4, -0.2) is 41.9 Å². The topological polar surface area (TPSA) is 72.4 Å². The van der Waals surface area contributed by atoms with E-state index in [9.17, 15) is 12.8 Å². The summed E-state index contributed by atoms with van der Waals surface area (Å²) in [6.07, 6.45) is 4.00. The van der Waals surface area contributed by atoms with Crippen LogP contribution in [0.2, 0.25) is 5.02 Å². The van der Waals surface area contributed by atoms with E-state index < -0.39 is 15.8 Å². The van der Waals surface area contributed by atoms with Crippen molar-refractivity contribution in [3.63, 3.8) is 0 Å². The molecule has 24 heavy (non-hydrogen) atoms. The van der Waals surface area contributed by atoms with Gasteiger partial charge in [0.15, 0.2) is 0 Å². The molecule has 0 unspecified atom stereocenters. The third kappa shape index (κ3) is 3.66. The van der Waals surface area contributed by atoms with Crippen LogP contribution >= 0.6 is 11.6 Å². The molecule has 0 N–H and O–H groups in total. The quantitative estimate of drug-likeness (QED) is 0.825. The van der Waals surface area contributed by atoms with Crippen molar-refractivity contribution >= 4 is 21.6 Å². The fourth-order valence-corrected chi connectivity index (χ4v) is 4.31. The van der Waals surface area contributed by atoms with Crippen molar-refractivity contribution in [3.05, 3.63) is 47.6 Å². The van der Waals surface area contributed by atoms with Crippen molar-refractivity contribution in [2.75, 3.05) is 13.1 Å². The van der Waals surface area contributed by atoms with Crippen molar-refractivity contribution in [1.82, 2.24) is 14.3 Å². The molecule has 3 rings (SSSR count). The summed E-state index contributed by atoms with van der Waals surface area (Å²) in [4.78, 5) is 7.76. The predicted octanol–water partition coefficient (Wildman–Crippen LogP) is 2.50. The number of piperidine rings is 1. The van der Waals surface area contributed by atoms with E-state index >= 15 is 0 Å². The molecule has 1 aliphatic rings. The van der Waals surface area contributed by atoms with Gasteiger partial charge in [-0.05, 0) is 31.0 Å². The summed E-state index contributed by atoms with van der Waals surface area (Å²) in [5.74, 6) is -0.252. The molecule has 128 valence electrons. The molecular formula is C15H15ClFN3O3S. The SMILES string of the molecule is O=S(=O)(c1ccc(F)c(Cl)c1)N1CCC[C@@H](Oc2ccncn2)C1. The number of nitrogens with zero attached hydrogens (tertiary/aromatic N) is 3. The van der Waals surface area contributed by atoms with Crippen molar-refractivity contribution < 1.29 is 17.5 Å². The number of aromatic nitrogens is 2. The minimum Gasteiger partial charge on any atom is -0.473 e. The van der Waals surface area contributed by atoms with Crippen LogP contribution in [0.15, 0.2) is 41.7 Å². The molecule has 1 aromatic heterocycles. The molecule has 1 saturated heterocycles. The average Bonchev–Trinajstić information content (AvgIpc) is 2.58. The minimum atomic E-state index is -3.76. The van der Waals surface area contributed by atoms with Crippen molar-refractivity contribution in [2.45, 2.75) is 23.8 Å². The van der Waals surface area contributed by atoms with Gasteiger partial charge in [0.1, 0.15) is 18.2 Å². The molecule has 0 radical (unpaired) electrons. The maximum atomic E-state index is 13.3. The Balaban J connectivity index is 1.77. The van der Waals surface area contributed by atoms with Gasteiger partial charge < -0.3 is 4.74 Å². The lowest BCUT2D eigenvalue weighted by molar-refractivity contribution is 0.124. The molecule has 0 saturated carbocycles. The monoisotopic (exact) mass is 371 g/mol. The number of halogens is 2. The second-order valence-electron chi connectivity index (χ2n) is 5.37. The van der Waals surface area contributed by atoms with Crippen LogP contribution in [0.4, 0.5) is 4.39 Å². The minimum absolute atomic E-state index is 0.0309. The summed E-state index contributed by atoms with van der Waals surface area (Å²) < 4.78 is 45.7. The first kappa shape index (κ1) is 17.1. The normalized spacial score (nSPS) is 19.2. The largest absolute Gasteiger partial charge is 0.473 e. The molecule has 2 heterocycles. The van der Waals surface area contributed by atoms with Crippen molar-refractivity contribution in [1.29, 1.82) is 0 Å². The number of sulfonamides is 1. The highest BCUT2D eigenvalue weighted by molar-refractivity contribution is 7.89. The van der Waals surface area contributed by atoms with Gasteiger partial charge in [0, 0.05) is 18.8 Å². The van der Waals surface area contributed by atoms with E-state index in [-0.39, 0.29) is 22.6 Å². The smallest absolute Gasteiger partial charge is 0.243 e. The van der Waals surface area contributed by atoms with Gasteiger partial charge in [-0.2, -0.15) is 4.31 Å². The zero-order chi connectivity index (χ0) is 17.2. The summed E-state index contributed by atoms with van der Waals surface area (Å²) in [7, 11) is -3.76. The summed E-state index contributed by atoms with van der Waals surface area (Å²) in [6.45, 7) is 0.572. The first-order chi connectivity index (χ1) is 11.5. The lowest BCUT2D eigenvalue weighted by atomic mass is 10.1. The fourth-order valence-electron chi connectivity index (χ4n) is 2.52. The van der Waals surface area contributed by atoms with Gasteiger partial charge in [0.2, 0.25) is 15.9 Å². The van der Waals surface area contributed by atoms with Gasteiger partial charge in [-0.1, -0.05) is 11.6 Å². The zero-order valence-electron chi connectivity index (χ0n) is 12.6. The van der Waals surface area contributed by atoms with E-state index in [1.54, 1.807) is 12.3 Å². The number of hydrogen-bond donors (Lipinski definition) is 0. The van der Waals surface area contributed by atoms with Gasteiger partial charge in [-0.15, -0.1) is 0 Å². The molecule has 0 aliphatic carbocycles. The van der Waals surface area contributed by atoms with Gasteiger partial charge in [0.25, 0.3) is 0 Å². The van der Waals surface area contributed by atoms with Crippen molar-refractivity contribution in [2.24, 2.45) is 0 Å². The molecule has 1 fully saturated rings. The lowest BCUT2D eigenvalue weighted by Gasteiger charge is -2.31. The Labute approximate surface area is 144 Å². The molecule has 6 nitrogen and oxygen atoms in total. The highest BCUT2D eigenvalue weighted by Gasteiger charge is 2.31. The van der Waals surface area contributed by atoms with E-state index in [0.29, 0.717) is 18.8 Å². The number of rotatable bonds is 4. The Morgan fingerprint density at radius 1 is 1.33 bits per heavy atom. The first-order valence-corrected chi connectivity index (χ1v) is 9.16. The molecule has 2 aromatic rings. The Kier molecular flexibility index (Phi) is 4.98. The highest BCUT2D eigenvalue weighted by atomic mass is 35.5. The van der Waals surface area contributed by atoms with Gasteiger partial charge in [0.05, 0.1) is 16.5 Å². The van der Waals surface area contributed by atoms with Crippen LogP contribution in [0.3, 0.4) is 0 Å². The second-order valence-corrected chi connectivity index (χ2v) is 7.71.